The number of hydrogen-bond acceptors (Lipinski definition) is 2. The highest BCUT2D eigenvalue weighted by Crippen LogP contribution is 2.57. The molecule has 1 aliphatic heterocycles. The first kappa shape index (κ1) is 39.0. The second kappa shape index (κ2) is 18.1. The zero-order valence-electron chi connectivity index (χ0n) is 34.3. The molecule has 7 rings (SSSR count). The van der Waals surface area contributed by atoms with Crippen LogP contribution in [-0.4, -0.2) is 13.1 Å². The Morgan fingerprint density at radius 3 is 1.85 bits per heavy atom. The van der Waals surface area contributed by atoms with Crippen molar-refractivity contribution in [2.45, 2.75) is 122 Å². The molecule has 1 spiro atoms. The van der Waals surface area contributed by atoms with Crippen molar-refractivity contribution in [1.82, 2.24) is 0 Å². The highest BCUT2D eigenvalue weighted by molar-refractivity contribution is 5.95. The summed E-state index contributed by atoms with van der Waals surface area (Å²) < 4.78 is 0. The van der Waals surface area contributed by atoms with Crippen molar-refractivity contribution in [3.63, 3.8) is 0 Å². The Hall–Kier alpha value is -4.30. The summed E-state index contributed by atoms with van der Waals surface area (Å²) in [6, 6.07) is 27.6. The van der Waals surface area contributed by atoms with Gasteiger partial charge in [0.15, 0.2) is 0 Å². The quantitative estimate of drug-likeness (QED) is 0.130. The Labute approximate surface area is 333 Å². The summed E-state index contributed by atoms with van der Waals surface area (Å²) in [6.07, 6.45) is 36.9. The van der Waals surface area contributed by atoms with Crippen LogP contribution in [0.4, 0.5) is 11.4 Å². The van der Waals surface area contributed by atoms with E-state index in [0.29, 0.717) is 11.8 Å². The lowest BCUT2D eigenvalue weighted by atomic mass is 9.65. The van der Waals surface area contributed by atoms with Gasteiger partial charge in [0.25, 0.3) is 0 Å². The number of anilines is 2. The molecule has 4 aromatic carbocycles. The van der Waals surface area contributed by atoms with Crippen molar-refractivity contribution < 1.29 is 0 Å². The lowest BCUT2D eigenvalue weighted by Crippen LogP contribution is -2.34. The Morgan fingerprint density at radius 1 is 0.600 bits per heavy atom. The van der Waals surface area contributed by atoms with Gasteiger partial charge in [0.2, 0.25) is 0 Å². The monoisotopic (exact) mass is 731 g/mol. The molecule has 0 bridgehead atoms. The number of allylic oxidation sites excluding steroid dienone is 10. The number of fused-ring (bicyclic) bond motifs is 5. The molecular formula is C53H66N2. The van der Waals surface area contributed by atoms with Crippen molar-refractivity contribution >= 4 is 32.9 Å². The van der Waals surface area contributed by atoms with Gasteiger partial charge in [0, 0.05) is 41.0 Å². The van der Waals surface area contributed by atoms with E-state index < -0.39 is 0 Å². The molecule has 288 valence electrons. The molecule has 4 aromatic rings. The molecule has 0 saturated heterocycles. The lowest BCUT2D eigenvalue weighted by Gasteiger charge is -2.39. The van der Waals surface area contributed by atoms with E-state index in [1.54, 1.807) is 11.1 Å². The van der Waals surface area contributed by atoms with Crippen LogP contribution < -0.4 is 10.2 Å². The minimum Gasteiger partial charge on any atom is -0.385 e. The molecule has 2 nitrogen and oxygen atoms in total. The molecule has 55 heavy (non-hydrogen) atoms. The molecule has 3 aliphatic rings. The molecule has 2 saturated carbocycles. The Balaban J connectivity index is 1.08. The van der Waals surface area contributed by atoms with E-state index in [1.165, 1.54) is 116 Å². The molecule has 1 heterocycles. The van der Waals surface area contributed by atoms with E-state index in [0.717, 1.165) is 19.5 Å². The van der Waals surface area contributed by atoms with Crippen LogP contribution in [0, 0.1) is 11.8 Å². The number of nitrogens with one attached hydrogen (secondary N) is 1. The molecule has 0 atom stereocenters. The van der Waals surface area contributed by atoms with Crippen LogP contribution in [0.25, 0.3) is 21.5 Å². The molecule has 2 fully saturated rings. The fraction of sp³-hybridized carbons (Fsp3) is 0.434. The molecule has 0 amide bonds. The van der Waals surface area contributed by atoms with Crippen molar-refractivity contribution in [1.29, 1.82) is 0 Å². The summed E-state index contributed by atoms with van der Waals surface area (Å²) in [5, 5.41) is 9.51. The Bertz CT molecular complexity index is 2040. The normalized spacial score (nSPS) is 19.2. The van der Waals surface area contributed by atoms with Crippen LogP contribution in [0.5, 0.6) is 0 Å². The zero-order chi connectivity index (χ0) is 38.1. The predicted molar refractivity (Wildman–Crippen MR) is 241 cm³/mol. The van der Waals surface area contributed by atoms with Gasteiger partial charge in [-0.25, -0.2) is 0 Å². The standard InChI is InChI=1S/C53H66N2/c1-41(2)32-39-54-47-30-28-43-23-14-16-25-45(43)50(47)52(35-19-11-20-36-52)34-18-10-8-6-5-7-9-13-27-49-53(37-21-12-22-38-53)51-46-26-17-15-24-44(46)29-31-48(51)55(49)40-33-42(3)4/h5-10,13-18,23-31,41-42,54H,11-12,19-22,32-40H2,1-4H3/b7-5+,8-6+,13-9+,18-10+,49-27+. The maximum Gasteiger partial charge on any atom is 0.0457 e. The number of benzene rings is 4. The minimum absolute atomic E-state index is 0.108. The van der Waals surface area contributed by atoms with Crippen LogP contribution >= 0.6 is 0 Å². The molecule has 2 aliphatic carbocycles. The van der Waals surface area contributed by atoms with Gasteiger partial charge in [-0.2, -0.15) is 0 Å². The van der Waals surface area contributed by atoms with Crippen LogP contribution in [0.2, 0.25) is 0 Å². The van der Waals surface area contributed by atoms with Crippen LogP contribution in [0.15, 0.2) is 133 Å². The minimum atomic E-state index is 0.108. The number of rotatable bonds is 14. The van der Waals surface area contributed by atoms with Gasteiger partial charge in [0.05, 0.1) is 0 Å². The fourth-order valence-corrected chi connectivity index (χ4v) is 10.2. The fourth-order valence-electron chi connectivity index (χ4n) is 10.2. The third-order valence-electron chi connectivity index (χ3n) is 13.0. The summed E-state index contributed by atoms with van der Waals surface area (Å²) in [7, 11) is 0. The van der Waals surface area contributed by atoms with Crippen molar-refractivity contribution in [2.75, 3.05) is 23.3 Å². The second-order valence-electron chi connectivity index (χ2n) is 17.7. The summed E-state index contributed by atoms with van der Waals surface area (Å²) in [4.78, 5) is 2.69. The number of hydrogen-bond donors (Lipinski definition) is 1. The van der Waals surface area contributed by atoms with Crippen LogP contribution in [0.1, 0.15) is 122 Å². The summed E-state index contributed by atoms with van der Waals surface area (Å²) >= 11 is 0. The second-order valence-corrected chi connectivity index (χ2v) is 17.7. The van der Waals surface area contributed by atoms with Crippen molar-refractivity contribution in [3.05, 3.63) is 144 Å². The van der Waals surface area contributed by atoms with E-state index in [4.69, 9.17) is 0 Å². The lowest BCUT2D eigenvalue weighted by molar-refractivity contribution is 0.298. The smallest absolute Gasteiger partial charge is 0.0457 e. The van der Waals surface area contributed by atoms with Gasteiger partial charge < -0.3 is 10.2 Å². The van der Waals surface area contributed by atoms with Crippen LogP contribution in [-0.2, 0) is 10.8 Å². The molecule has 2 heteroatoms. The predicted octanol–water partition coefficient (Wildman–Crippen LogP) is 14.9. The Kier molecular flexibility index (Phi) is 12.8. The van der Waals surface area contributed by atoms with E-state index in [1.807, 2.05) is 0 Å². The van der Waals surface area contributed by atoms with Gasteiger partial charge in [0.1, 0.15) is 0 Å². The average molecular weight is 731 g/mol. The summed E-state index contributed by atoms with van der Waals surface area (Å²) in [6.45, 7) is 11.4. The van der Waals surface area contributed by atoms with E-state index in [9.17, 15) is 0 Å². The highest BCUT2D eigenvalue weighted by atomic mass is 15.2. The van der Waals surface area contributed by atoms with Gasteiger partial charge >= 0.3 is 0 Å². The van der Waals surface area contributed by atoms with Gasteiger partial charge in [-0.3, -0.25) is 0 Å². The third-order valence-corrected chi connectivity index (χ3v) is 13.0. The first-order chi connectivity index (χ1) is 26.9. The Morgan fingerprint density at radius 2 is 1.18 bits per heavy atom. The van der Waals surface area contributed by atoms with Crippen molar-refractivity contribution in [3.8, 4) is 0 Å². The van der Waals surface area contributed by atoms with Gasteiger partial charge in [-0.05, 0) is 108 Å². The van der Waals surface area contributed by atoms with E-state index >= 15 is 0 Å². The van der Waals surface area contributed by atoms with Gasteiger partial charge in [-0.1, -0.05) is 175 Å². The molecule has 1 N–H and O–H groups in total. The molecular weight excluding hydrogens is 665 g/mol. The first-order valence-electron chi connectivity index (χ1n) is 21.9. The molecule has 0 unspecified atom stereocenters. The number of nitrogens with zero attached hydrogens (tertiary/aromatic N) is 1. The van der Waals surface area contributed by atoms with E-state index in [-0.39, 0.29) is 10.8 Å². The van der Waals surface area contributed by atoms with Gasteiger partial charge in [-0.15, -0.1) is 0 Å². The van der Waals surface area contributed by atoms with E-state index in [2.05, 4.69) is 165 Å². The maximum absolute atomic E-state index is 3.89. The third kappa shape index (κ3) is 8.60. The van der Waals surface area contributed by atoms with Crippen molar-refractivity contribution in [2.24, 2.45) is 11.8 Å². The summed E-state index contributed by atoms with van der Waals surface area (Å²) in [5.41, 5.74) is 7.73. The average Bonchev–Trinajstić information content (AvgIpc) is 3.45. The largest absolute Gasteiger partial charge is 0.385 e. The zero-order valence-corrected chi connectivity index (χ0v) is 34.3. The topological polar surface area (TPSA) is 15.3 Å². The maximum atomic E-state index is 3.89. The summed E-state index contributed by atoms with van der Waals surface area (Å²) in [5.74, 6) is 1.37. The highest BCUT2D eigenvalue weighted by Gasteiger charge is 2.48. The van der Waals surface area contributed by atoms with Crippen LogP contribution in [0.3, 0.4) is 0 Å². The molecule has 0 aromatic heterocycles. The first-order valence-corrected chi connectivity index (χ1v) is 21.9. The SMILES string of the molecule is CC(C)CCNc1ccc2ccccc2c1C1(C/C=C/C=C/C=C/C=C/C=C2/N(CCC(C)C)c3ccc4ccccc4c3C23CCCCC3)CCCCC1. The molecule has 0 radical (unpaired) electrons.